The predicted octanol–water partition coefficient (Wildman–Crippen LogP) is 5.17. The first-order chi connectivity index (χ1) is 16.4. The van der Waals surface area contributed by atoms with Crippen LogP contribution in [0, 0.1) is 5.92 Å². The molecule has 35 heavy (non-hydrogen) atoms. The summed E-state index contributed by atoms with van der Waals surface area (Å²) >= 11 is 0. The number of hydrogen-bond donors (Lipinski definition) is 1. The Balaban J connectivity index is 1.57. The van der Waals surface area contributed by atoms with E-state index in [1.165, 1.54) is 4.90 Å². The summed E-state index contributed by atoms with van der Waals surface area (Å²) in [5, 5.41) is 4.12. The van der Waals surface area contributed by atoms with Crippen LogP contribution in [0.2, 0.25) is 0 Å². The molecule has 1 aliphatic heterocycles. The number of hydrogen-bond acceptors (Lipinski definition) is 6. The van der Waals surface area contributed by atoms with Gasteiger partial charge in [-0.25, -0.2) is 9.59 Å². The van der Waals surface area contributed by atoms with E-state index in [1.54, 1.807) is 20.8 Å². The van der Waals surface area contributed by atoms with Crippen molar-refractivity contribution in [2.45, 2.75) is 83.0 Å². The fourth-order valence-electron chi connectivity index (χ4n) is 5.18. The van der Waals surface area contributed by atoms with Crippen LogP contribution in [0.5, 0.6) is 0 Å². The van der Waals surface area contributed by atoms with Crippen molar-refractivity contribution in [3.8, 4) is 0 Å². The second kappa shape index (κ2) is 9.72. The zero-order valence-electron chi connectivity index (χ0n) is 20.1. The van der Waals surface area contributed by atoms with Gasteiger partial charge in [-0.05, 0) is 45.7 Å². The molecule has 1 aliphatic carbocycles. The number of nitrogens with zero attached hydrogens (tertiary/aromatic N) is 1. The van der Waals surface area contributed by atoms with Crippen LogP contribution in [0.4, 0.5) is 18.0 Å². The third-order valence-electron chi connectivity index (χ3n) is 6.51. The minimum absolute atomic E-state index is 0.110. The predicted molar refractivity (Wildman–Crippen MR) is 121 cm³/mol. The Morgan fingerprint density at radius 1 is 1.14 bits per heavy atom. The topological polar surface area (TPSA) is 81.0 Å². The standard InChI is InChI=1S/C25H31F3N2O5/c1-24(2,3)35-23(32)30-18-10-6-5-9-17(18)21(34-22(31)25(26,27)28)19(30)14-29-13-16-12-15-8-4-7-11-20(15)33-16/h4,7-8,11-12,17-19,21,29H,5-6,9-10,13-14H2,1-3H3/t17-,18+,19-,21?/m1/s1. The van der Waals surface area contributed by atoms with Gasteiger partial charge < -0.3 is 19.2 Å². The lowest BCUT2D eigenvalue weighted by atomic mass is 9.83. The van der Waals surface area contributed by atoms with Crippen molar-refractivity contribution in [1.29, 1.82) is 0 Å². The highest BCUT2D eigenvalue weighted by Gasteiger charge is 2.56. The van der Waals surface area contributed by atoms with Crippen LogP contribution in [0.1, 0.15) is 52.2 Å². The number of ether oxygens (including phenoxy) is 2. The molecule has 4 atom stereocenters. The van der Waals surface area contributed by atoms with Gasteiger partial charge in [-0.2, -0.15) is 13.2 Å². The SMILES string of the molecule is CC(C)(C)OC(=O)N1[C@H](CNCc2cc3ccccc3o2)C(OC(=O)C(F)(F)F)[C@@H]2CCCC[C@@H]21. The van der Waals surface area contributed by atoms with Crippen molar-refractivity contribution >= 4 is 23.0 Å². The number of nitrogens with one attached hydrogen (secondary N) is 1. The summed E-state index contributed by atoms with van der Waals surface area (Å²) in [5.74, 6) is -1.98. The van der Waals surface area contributed by atoms with Crippen LogP contribution in [0.25, 0.3) is 11.0 Å². The summed E-state index contributed by atoms with van der Waals surface area (Å²) in [7, 11) is 0. The van der Waals surface area contributed by atoms with Crippen LogP contribution in [0.3, 0.4) is 0 Å². The fraction of sp³-hybridized carbons (Fsp3) is 0.600. The molecule has 4 rings (SSSR count). The van der Waals surface area contributed by atoms with Crippen LogP contribution in [-0.2, 0) is 20.8 Å². The minimum atomic E-state index is -5.12. The number of esters is 1. The van der Waals surface area contributed by atoms with Crippen LogP contribution in [-0.4, -0.2) is 53.5 Å². The average molecular weight is 497 g/mol. The second-order valence-electron chi connectivity index (χ2n) is 10.2. The Morgan fingerprint density at radius 3 is 2.54 bits per heavy atom. The molecule has 1 saturated heterocycles. The molecule has 7 nitrogen and oxygen atoms in total. The van der Waals surface area contributed by atoms with E-state index < -0.39 is 36.0 Å². The third-order valence-corrected chi connectivity index (χ3v) is 6.51. The monoisotopic (exact) mass is 496 g/mol. The van der Waals surface area contributed by atoms with E-state index in [-0.39, 0.29) is 18.5 Å². The number of amides is 1. The lowest BCUT2D eigenvalue weighted by molar-refractivity contribution is -0.207. The van der Waals surface area contributed by atoms with Gasteiger partial charge in [0.15, 0.2) is 0 Å². The minimum Gasteiger partial charge on any atom is -0.460 e. The van der Waals surface area contributed by atoms with Gasteiger partial charge in [0.2, 0.25) is 0 Å². The van der Waals surface area contributed by atoms with Gasteiger partial charge in [0.1, 0.15) is 23.0 Å². The number of carbonyl (C=O) groups excluding carboxylic acids is 2. The third kappa shape index (κ3) is 5.74. The maximum absolute atomic E-state index is 13.2. The molecular weight excluding hydrogens is 465 g/mol. The molecule has 0 spiro atoms. The number of para-hydroxylation sites is 1. The molecule has 2 aromatic rings. The van der Waals surface area contributed by atoms with Gasteiger partial charge in [-0.3, -0.25) is 4.90 Å². The molecule has 10 heteroatoms. The molecule has 1 saturated carbocycles. The number of fused-ring (bicyclic) bond motifs is 2. The molecule has 1 amide bonds. The van der Waals surface area contributed by atoms with Crippen molar-refractivity contribution in [3.63, 3.8) is 0 Å². The first-order valence-electron chi connectivity index (χ1n) is 11.9. The Labute approximate surface area is 201 Å². The second-order valence-corrected chi connectivity index (χ2v) is 10.2. The normalized spacial score (nSPS) is 24.9. The lowest BCUT2D eigenvalue weighted by Crippen LogP contribution is -2.51. The fourth-order valence-corrected chi connectivity index (χ4v) is 5.18. The van der Waals surface area contributed by atoms with E-state index in [2.05, 4.69) is 5.32 Å². The lowest BCUT2D eigenvalue weighted by Gasteiger charge is -2.34. The Bertz CT molecular complexity index is 1030. The molecule has 0 radical (unpaired) electrons. The van der Waals surface area contributed by atoms with Crippen molar-refractivity contribution in [1.82, 2.24) is 10.2 Å². The number of halogens is 3. The van der Waals surface area contributed by atoms with Crippen LogP contribution >= 0.6 is 0 Å². The molecule has 2 fully saturated rings. The highest BCUT2D eigenvalue weighted by atomic mass is 19.4. The Morgan fingerprint density at radius 2 is 1.86 bits per heavy atom. The highest BCUT2D eigenvalue weighted by Crippen LogP contribution is 2.42. The van der Waals surface area contributed by atoms with E-state index in [4.69, 9.17) is 13.9 Å². The zero-order valence-corrected chi connectivity index (χ0v) is 20.1. The van der Waals surface area contributed by atoms with Gasteiger partial charge >= 0.3 is 18.2 Å². The maximum Gasteiger partial charge on any atom is 0.490 e. The van der Waals surface area contributed by atoms with E-state index in [1.807, 2.05) is 30.3 Å². The first kappa shape index (κ1) is 25.3. The van der Waals surface area contributed by atoms with Crippen molar-refractivity contribution < 1.29 is 36.7 Å². The van der Waals surface area contributed by atoms with Crippen molar-refractivity contribution in [2.24, 2.45) is 5.92 Å². The highest BCUT2D eigenvalue weighted by molar-refractivity contribution is 5.77. The number of rotatable bonds is 5. The molecule has 192 valence electrons. The summed E-state index contributed by atoms with van der Waals surface area (Å²) in [6.45, 7) is 5.60. The molecular formula is C25H31F3N2O5. The Hall–Kier alpha value is -2.75. The van der Waals surface area contributed by atoms with Crippen molar-refractivity contribution in [2.75, 3.05) is 6.54 Å². The summed E-state index contributed by atoms with van der Waals surface area (Å²) in [5.41, 5.74) is -0.0580. The summed E-state index contributed by atoms with van der Waals surface area (Å²) in [6.07, 6.45) is -4.01. The molecule has 1 aromatic carbocycles. The molecule has 0 bridgehead atoms. The first-order valence-corrected chi connectivity index (χ1v) is 11.9. The summed E-state index contributed by atoms with van der Waals surface area (Å²) in [4.78, 5) is 26.5. The quantitative estimate of drug-likeness (QED) is 0.575. The molecule has 1 unspecified atom stereocenters. The molecule has 1 aromatic heterocycles. The van der Waals surface area contributed by atoms with Gasteiger partial charge in [0.05, 0.1) is 12.6 Å². The number of alkyl halides is 3. The van der Waals surface area contributed by atoms with Crippen molar-refractivity contribution in [3.05, 3.63) is 36.1 Å². The van der Waals surface area contributed by atoms with E-state index in [0.29, 0.717) is 25.1 Å². The number of carbonyl (C=O) groups is 2. The maximum atomic E-state index is 13.2. The number of benzene rings is 1. The summed E-state index contributed by atoms with van der Waals surface area (Å²) < 4.78 is 55.7. The van der Waals surface area contributed by atoms with Crippen LogP contribution < -0.4 is 5.32 Å². The van der Waals surface area contributed by atoms with Gasteiger partial charge in [0, 0.05) is 23.9 Å². The smallest absolute Gasteiger partial charge is 0.460 e. The van der Waals surface area contributed by atoms with E-state index >= 15 is 0 Å². The number of furan rings is 1. The van der Waals surface area contributed by atoms with E-state index in [0.717, 1.165) is 23.8 Å². The molecule has 2 heterocycles. The average Bonchev–Trinajstić information content (AvgIpc) is 3.31. The number of likely N-dealkylation sites (tertiary alicyclic amines) is 1. The largest absolute Gasteiger partial charge is 0.490 e. The van der Waals surface area contributed by atoms with Gasteiger partial charge in [0.25, 0.3) is 0 Å². The molecule has 2 aliphatic rings. The van der Waals surface area contributed by atoms with Gasteiger partial charge in [-0.15, -0.1) is 0 Å². The Kier molecular flexibility index (Phi) is 7.04. The van der Waals surface area contributed by atoms with Crippen LogP contribution in [0.15, 0.2) is 34.7 Å². The van der Waals surface area contributed by atoms with E-state index in [9.17, 15) is 22.8 Å². The summed E-state index contributed by atoms with van der Waals surface area (Å²) in [6, 6.07) is 8.23. The zero-order chi connectivity index (χ0) is 25.4. The van der Waals surface area contributed by atoms with Gasteiger partial charge in [-0.1, -0.05) is 31.0 Å². The molecule has 1 N–H and O–H groups in total.